The molecule has 1 atom stereocenters. The van der Waals surface area contributed by atoms with Crippen molar-refractivity contribution >= 4 is 18.0 Å². The number of amidine groups is 1. The molecule has 2 N–H and O–H groups in total. The van der Waals surface area contributed by atoms with E-state index in [0.717, 1.165) is 55.5 Å². The van der Waals surface area contributed by atoms with Crippen molar-refractivity contribution in [2.24, 2.45) is 21.1 Å². The van der Waals surface area contributed by atoms with Crippen LogP contribution in [0.25, 0.3) is 0 Å². The number of ether oxygens (including phenoxy) is 2. The van der Waals surface area contributed by atoms with Crippen LogP contribution in [0.3, 0.4) is 0 Å². The standard InChI is InChI=1S/C21H26N4O2/c1-26-17-5-7-20(8-6-17)12-15-3-4-16(25-10-2-9-23-14-25)11-18(15)21(20)13-27-19(22)24-21/h2-4,9,11,14,17H,5-8,10,12-13H2,1H3,(H2,22,24)/t17?,20?,21-/m0/s1/i13D2. The third-order valence-corrected chi connectivity index (χ3v) is 6.62. The van der Waals surface area contributed by atoms with Crippen molar-refractivity contribution in [3.63, 3.8) is 0 Å². The average Bonchev–Trinajstić information content (AvgIpc) is 3.13. The summed E-state index contributed by atoms with van der Waals surface area (Å²) in [7, 11) is 1.75. The zero-order valence-electron chi connectivity index (χ0n) is 17.5. The summed E-state index contributed by atoms with van der Waals surface area (Å²) in [6.07, 6.45) is 9.96. The van der Waals surface area contributed by atoms with Gasteiger partial charge in [0.25, 0.3) is 6.02 Å². The molecule has 1 aromatic carbocycles. The normalized spacial score (nSPS) is 37.1. The second kappa shape index (κ2) is 6.09. The Labute approximate surface area is 162 Å². The molecule has 2 spiro atoms. The number of hydrogen-bond acceptors (Lipinski definition) is 6. The SMILES string of the molecule is [2H]C1([2H])OC(N)=N[C@]12c1cc(N3C=NC=CC3)ccc1CC21CCC(OC)CC1. The van der Waals surface area contributed by atoms with Crippen molar-refractivity contribution in [2.75, 3.05) is 25.1 Å². The molecule has 4 aliphatic rings. The first-order valence-electron chi connectivity index (χ1n) is 10.6. The summed E-state index contributed by atoms with van der Waals surface area (Å²) in [6.45, 7) is -1.28. The third kappa shape index (κ3) is 2.42. The fourth-order valence-electron chi connectivity index (χ4n) is 5.17. The van der Waals surface area contributed by atoms with Crippen LogP contribution < -0.4 is 10.6 Å². The number of hydrogen-bond donors (Lipinski definition) is 1. The van der Waals surface area contributed by atoms with E-state index < -0.39 is 12.1 Å². The summed E-state index contributed by atoms with van der Waals surface area (Å²) in [4.78, 5) is 11.0. The van der Waals surface area contributed by atoms with Gasteiger partial charge in [-0.3, -0.25) is 0 Å². The van der Waals surface area contributed by atoms with E-state index in [0.29, 0.717) is 0 Å². The number of methoxy groups -OCH3 is 1. The van der Waals surface area contributed by atoms with Crippen LogP contribution in [0, 0.1) is 5.41 Å². The maximum absolute atomic E-state index is 8.83. The smallest absolute Gasteiger partial charge is 0.283 e. The second-order valence-electron chi connectivity index (χ2n) is 7.90. The molecule has 1 saturated carbocycles. The van der Waals surface area contributed by atoms with E-state index >= 15 is 0 Å². The van der Waals surface area contributed by atoms with Crippen molar-refractivity contribution in [3.05, 3.63) is 41.6 Å². The molecule has 1 fully saturated rings. The number of nitrogens with two attached hydrogens (primary N) is 1. The minimum atomic E-state index is -2.00. The van der Waals surface area contributed by atoms with Gasteiger partial charge in [-0.15, -0.1) is 0 Å². The molecular formula is C21H26N4O2. The van der Waals surface area contributed by atoms with Crippen LogP contribution >= 0.6 is 0 Å². The predicted molar refractivity (Wildman–Crippen MR) is 106 cm³/mol. The minimum absolute atomic E-state index is 0.0658. The molecular weight excluding hydrogens is 340 g/mol. The van der Waals surface area contributed by atoms with Gasteiger partial charge in [0, 0.05) is 31.0 Å². The Kier molecular flexibility index (Phi) is 3.31. The lowest BCUT2D eigenvalue weighted by Gasteiger charge is -2.45. The van der Waals surface area contributed by atoms with Gasteiger partial charge in [-0.05, 0) is 61.4 Å². The zero-order valence-corrected chi connectivity index (χ0v) is 15.5. The summed E-state index contributed by atoms with van der Waals surface area (Å²) in [5.41, 5.74) is 7.44. The lowest BCUT2D eigenvalue weighted by atomic mass is 9.62. The molecule has 27 heavy (non-hydrogen) atoms. The first-order chi connectivity index (χ1) is 13.9. The Hall–Kier alpha value is -2.34. The van der Waals surface area contributed by atoms with Crippen molar-refractivity contribution in [1.29, 1.82) is 0 Å². The van der Waals surface area contributed by atoms with E-state index in [2.05, 4.69) is 23.2 Å². The number of fused-ring (bicyclic) bond motifs is 3. The van der Waals surface area contributed by atoms with Gasteiger partial charge < -0.3 is 20.1 Å². The van der Waals surface area contributed by atoms with Crippen molar-refractivity contribution in [3.8, 4) is 0 Å². The van der Waals surface area contributed by atoms with Crippen molar-refractivity contribution < 1.29 is 12.2 Å². The number of rotatable bonds is 2. The van der Waals surface area contributed by atoms with Gasteiger partial charge in [-0.25, -0.2) is 9.98 Å². The summed E-state index contributed by atoms with van der Waals surface area (Å²) in [6, 6.07) is 6.18. The molecule has 6 heteroatoms. The van der Waals surface area contributed by atoms with Gasteiger partial charge in [0.05, 0.1) is 15.2 Å². The van der Waals surface area contributed by atoms with Crippen molar-refractivity contribution in [2.45, 2.75) is 43.7 Å². The Morgan fingerprint density at radius 3 is 2.89 bits per heavy atom. The molecule has 2 aliphatic heterocycles. The Bertz CT molecular complexity index is 921. The van der Waals surface area contributed by atoms with Crippen LogP contribution in [0.1, 0.15) is 39.6 Å². The largest absolute Gasteiger partial charge is 0.462 e. The molecule has 0 aromatic heterocycles. The average molecular weight is 368 g/mol. The second-order valence-corrected chi connectivity index (χ2v) is 7.90. The van der Waals surface area contributed by atoms with Gasteiger partial charge in [0.2, 0.25) is 0 Å². The van der Waals surface area contributed by atoms with Gasteiger partial charge in [0.1, 0.15) is 12.1 Å². The molecule has 1 aromatic rings. The Balaban J connectivity index is 1.64. The van der Waals surface area contributed by atoms with Gasteiger partial charge in [0.15, 0.2) is 0 Å². The highest BCUT2D eigenvalue weighted by atomic mass is 16.5. The fourth-order valence-corrected chi connectivity index (χ4v) is 5.17. The molecule has 0 unspecified atom stereocenters. The molecule has 6 nitrogen and oxygen atoms in total. The summed E-state index contributed by atoms with van der Waals surface area (Å²) >= 11 is 0. The molecule has 142 valence electrons. The molecule has 2 heterocycles. The topological polar surface area (TPSA) is 72.4 Å². The van der Waals surface area contributed by atoms with E-state index in [1.54, 1.807) is 19.6 Å². The fraction of sp³-hybridized carbons (Fsp3) is 0.524. The maximum atomic E-state index is 8.83. The van der Waals surface area contributed by atoms with Crippen LogP contribution in [0.15, 0.2) is 40.5 Å². The Morgan fingerprint density at radius 2 is 2.22 bits per heavy atom. The minimum Gasteiger partial charge on any atom is -0.462 e. The van der Waals surface area contributed by atoms with E-state index in [4.69, 9.17) is 22.9 Å². The first-order valence-corrected chi connectivity index (χ1v) is 9.56. The molecule has 0 saturated heterocycles. The quantitative estimate of drug-likeness (QED) is 0.871. The number of anilines is 1. The van der Waals surface area contributed by atoms with Crippen molar-refractivity contribution in [1.82, 2.24) is 0 Å². The lowest BCUT2D eigenvalue weighted by molar-refractivity contribution is -0.00983. The van der Waals surface area contributed by atoms with E-state index in [1.165, 1.54) is 0 Å². The van der Waals surface area contributed by atoms with E-state index in [-0.39, 0.29) is 17.5 Å². The van der Waals surface area contributed by atoms with Gasteiger partial charge in [-0.1, -0.05) is 6.07 Å². The highest BCUT2D eigenvalue weighted by Crippen LogP contribution is 2.61. The molecule has 0 amide bonds. The van der Waals surface area contributed by atoms with E-state index in [9.17, 15) is 0 Å². The monoisotopic (exact) mass is 368 g/mol. The first kappa shape index (κ1) is 14.7. The summed E-state index contributed by atoms with van der Waals surface area (Å²) < 4.78 is 28.7. The lowest BCUT2D eigenvalue weighted by Crippen LogP contribution is -2.46. The number of nitrogens with zero attached hydrogens (tertiary/aromatic N) is 3. The zero-order chi connectivity index (χ0) is 20.3. The van der Waals surface area contributed by atoms with Gasteiger partial charge >= 0.3 is 0 Å². The van der Waals surface area contributed by atoms with Crippen LogP contribution in [-0.2, 0) is 21.4 Å². The summed E-state index contributed by atoms with van der Waals surface area (Å²) in [5, 5.41) is 0. The van der Waals surface area contributed by atoms with Crippen LogP contribution in [-0.4, -0.2) is 38.7 Å². The Morgan fingerprint density at radius 1 is 1.37 bits per heavy atom. The number of aliphatic imine (C=N–C) groups is 2. The van der Waals surface area contributed by atoms with Crippen LogP contribution in [0.2, 0.25) is 0 Å². The highest BCUT2D eigenvalue weighted by Gasteiger charge is 2.61. The van der Waals surface area contributed by atoms with Crippen LogP contribution in [0.4, 0.5) is 5.69 Å². The molecule has 5 rings (SSSR count). The molecule has 2 aliphatic carbocycles. The number of benzene rings is 1. The van der Waals surface area contributed by atoms with Gasteiger partial charge in [-0.2, -0.15) is 0 Å². The third-order valence-electron chi connectivity index (χ3n) is 6.62. The molecule has 0 radical (unpaired) electrons. The molecule has 0 bridgehead atoms. The predicted octanol–water partition coefficient (Wildman–Crippen LogP) is 2.72. The van der Waals surface area contributed by atoms with Crippen LogP contribution in [0.5, 0.6) is 0 Å². The van der Waals surface area contributed by atoms with E-state index in [1.807, 2.05) is 11.0 Å². The summed E-state index contributed by atoms with van der Waals surface area (Å²) in [5.74, 6) is 0. The maximum Gasteiger partial charge on any atom is 0.283 e. The highest BCUT2D eigenvalue weighted by molar-refractivity contribution is 5.82.